The first-order valence-corrected chi connectivity index (χ1v) is 4.78. The highest BCUT2D eigenvalue weighted by Crippen LogP contribution is 2.41. The molecule has 1 nitrogen and oxygen atoms in total. The zero-order valence-electron chi connectivity index (χ0n) is 7.45. The van der Waals surface area contributed by atoms with Crippen LogP contribution >= 0.6 is 23.2 Å². The fraction of sp³-hybridized carbons (Fsp3) is 0.375. The molecule has 0 spiro atoms. The molecule has 1 aromatic rings. The highest BCUT2D eigenvalue weighted by Gasteiger charge is 2.40. The molecule has 16 heavy (non-hydrogen) atoms. The van der Waals surface area contributed by atoms with Crippen LogP contribution in [0.5, 0.6) is 0 Å². The van der Waals surface area contributed by atoms with Crippen LogP contribution in [0.3, 0.4) is 0 Å². The molecule has 0 fully saturated rings. The van der Waals surface area contributed by atoms with Crippen molar-refractivity contribution in [1.29, 1.82) is 0 Å². The molecule has 0 aliphatic rings. The van der Waals surface area contributed by atoms with Gasteiger partial charge >= 0.3 is 6.18 Å². The number of hydrogen-bond donors (Lipinski definition) is 0. The van der Waals surface area contributed by atoms with E-state index in [-0.39, 0.29) is 5.56 Å². The van der Waals surface area contributed by atoms with Crippen molar-refractivity contribution in [2.24, 2.45) is 0 Å². The summed E-state index contributed by atoms with van der Waals surface area (Å²) in [7, 11) is 0. The smallest absolute Gasteiger partial charge is 0.244 e. The minimum absolute atomic E-state index is 0.381. The second-order valence-corrected chi connectivity index (χ2v) is 3.42. The average Bonchev–Trinajstić information content (AvgIpc) is 2.15. The number of aromatic nitrogens is 1. The Bertz CT molecular complexity index is 391. The standard InChI is InChI=1S/C8H4Cl2F5N/c9-1-3-2-16-6(10)5(8(13,14)15)4(3)7(11)12/h2,7H,1H2. The molecule has 0 bridgehead atoms. The van der Waals surface area contributed by atoms with E-state index in [0.29, 0.717) is 0 Å². The Morgan fingerprint density at radius 1 is 1.31 bits per heavy atom. The van der Waals surface area contributed by atoms with Crippen molar-refractivity contribution in [2.75, 3.05) is 0 Å². The second-order valence-electron chi connectivity index (χ2n) is 2.80. The van der Waals surface area contributed by atoms with Crippen LogP contribution < -0.4 is 0 Å². The van der Waals surface area contributed by atoms with Crippen molar-refractivity contribution in [2.45, 2.75) is 18.5 Å². The fourth-order valence-corrected chi connectivity index (χ4v) is 1.64. The molecule has 0 saturated heterocycles. The molecule has 0 N–H and O–H groups in total. The topological polar surface area (TPSA) is 12.9 Å². The third kappa shape index (κ3) is 2.55. The largest absolute Gasteiger partial charge is 0.419 e. The molecule has 0 aliphatic heterocycles. The van der Waals surface area contributed by atoms with E-state index < -0.39 is 34.8 Å². The predicted octanol–water partition coefficient (Wildman–Crippen LogP) is 4.43. The number of halogens is 7. The van der Waals surface area contributed by atoms with Gasteiger partial charge in [-0.25, -0.2) is 13.8 Å². The van der Waals surface area contributed by atoms with E-state index >= 15 is 0 Å². The van der Waals surface area contributed by atoms with Crippen LogP contribution in [0, 0.1) is 0 Å². The summed E-state index contributed by atoms with van der Waals surface area (Å²) in [6.07, 6.45) is -7.49. The first kappa shape index (κ1) is 13.4. The molecule has 8 heteroatoms. The third-order valence-corrected chi connectivity index (χ3v) is 2.38. The molecule has 0 saturated carbocycles. The number of hydrogen-bond acceptors (Lipinski definition) is 1. The van der Waals surface area contributed by atoms with E-state index in [1.807, 2.05) is 0 Å². The molecule has 0 atom stereocenters. The maximum atomic E-state index is 12.5. The summed E-state index contributed by atoms with van der Waals surface area (Å²) in [5.74, 6) is -0.493. The van der Waals surface area contributed by atoms with Gasteiger partial charge in [0.05, 0.1) is 0 Å². The van der Waals surface area contributed by atoms with Gasteiger partial charge in [-0.05, 0) is 5.56 Å². The van der Waals surface area contributed by atoms with Crippen molar-refractivity contribution in [3.8, 4) is 0 Å². The lowest BCUT2D eigenvalue weighted by Crippen LogP contribution is -2.13. The molecule has 0 aliphatic carbocycles. The molecule has 0 radical (unpaired) electrons. The van der Waals surface area contributed by atoms with Crippen molar-refractivity contribution in [1.82, 2.24) is 4.98 Å². The van der Waals surface area contributed by atoms with Gasteiger partial charge in [-0.1, -0.05) is 11.6 Å². The minimum atomic E-state index is -4.99. The zero-order valence-corrected chi connectivity index (χ0v) is 8.97. The Balaban J connectivity index is 3.55. The molecule has 0 amide bonds. The van der Waals surface area contributed by atoms with Gasteiger partial charge < -0.3 is 0 Å². The monoisotopic (exact) mass is 279 g/mol. The van der Waals surface area contributed by atoms with Crippen LogP contribution in [0.15, 0.2) is 6.20 Å². The third-order valence-electron chi connectivity index (χ3n) is 1.80. The number of rotatable bonds is 2. The Morgan fingerprint density at radius 3 is 2.25 bits per heavy atom. The normalized spacial score (nSPS) is 12.2. The van der Waals surface area contributed by atoms with E-state index in [4.69, 9.17) is 23.2 Å². The summed E-state index contributed by atoms with van der Waals surface area (Å²) in [5, 5.41) is -1.00. The van der Waals surface area contributed by atoms with Gasteiger partial charge in [0.2, 0.25) is 0 Å². The van der Waals surface area contributed by atoms with Crippen LogP contribution in [0.25, 0.3) is 0 Å². The van der Waals surface area contributed by atoms with Gasteiger partial charge in [-0.2, -0.15) is 13.2 Å². The lowest BCUT2D eigenvalue weighted by molar-refractivity contribution is -0.139. The van der Waals surface area contributed by atoms with E-state index in [0.717, 1.165) is 6.20 Å². The molecule has 0 aromatic carbocycles. The molecule has 1 heterocycles. The van der Waals surface area contributed by atoms with Gasteiger partial charge in [0.15, 0.2) is 0 Å². The van der Waals surface area contributed by atoms with E-state index in [1.54, 1.807) is 0 Å². The Morgan fingerprint density at radius 2 is 1.88 bits per heavy atom. The van der Waals surface area contributed by atoms with E-state index in [1.165, 1.54) is 0 Å². The summed E-state index contributed by atoms with van der Waals surface area (Å²) in [6.45, 7) is 0. The maximum absolute atomic E-state index is 12.5. The maximum Gasteiger partial charge on any atom is 0.419 e. The van der Waals surface area contributed by atoms with E-state index in [2.05, 4.69) is 4.98 Å². The molecular weight excluding hydrogens is 276 g/mol. The molecule has 1 rings (SSSR count). The van der Waals surface area contributed by atoms with Crippen LogP contribution in [0.2, 0.25) is 5.15 Å². The van der Waals surface area contributed by atoms with Crippen molar-refractivity contribution < 1.29 is 22.0 Å². The van der Waals surface area contributed by atoms with Gasteiger partial charge in [0.25, 0.3) is 6.43 Å². The summed E-state index contributed by atoms with van der Waals surface area (Å²) in [5.41, 5.74) is -3.21. The van der Waals surface area contributed by atoms with Crippen molar-refractivity contribution in [3.05, 3.63) is 28.0 Å². The van der Waals surface area contributed by atoms with Crippen LogP contribution in [0.1, 0.15) is 23.1 Å². The van der Waals surface area contributed by atoms with Crippen LogP contribution in [-0.4, -0.2) is 4.98 Å². The fourth-order valence-electron chi connectivity index (χ4n) is 1.17. The quantitative estimate of drug-likeness (QED) is 0.443. The van der Waals surface area contributed by atoms with Crippen LogP contribution in [-0.2, 0) is 12.1 Å². The van der Waals surface area contributed by atoms with Gasteiger partial charge in [-0.15, -0.1) is 11.6 Å². The summed E-state index contributed by atoms with van der Waals surface area (Å²) in [4.78, 5) is 3.19. The number of pyridine rings is 1. The van der Waals surface area contributed by atoms with Gasteiger partial charge in [-0.3, -0.25) is 0 Å². The van der Waals surface area contributed by atoms with Crippen molar-refractivity contribution >= 4 is 23.2 Å². The SMILES string of the molecule is FC(F)c1c(CCl)cnc(Cl)c1C(F)(F)F. The van der Waals surface area contributed by atoms with E-state index in [9.17, 15) is 22.0 Å². The van der Waals surface area contributed by atoms with Gasteiger partial charge in [0.1, 0.15) is 10.7 Å². The summed E-state index contributed by atoms with van der Waals surface area (Å²) < 4.78 is 62.5. The predicted molar refractivity (Wildman–Crippen MR) is 48.8 cm³/mol. The highest BCUT2D eigenvalue weighted by molar-refractivity contribution is 6.30. The molecule has 1 aromatic heterocycles. The lowest BCUT2D eigenvalue weighted by atomic mass is 10.1. The highest BCUT2D eigenvalue weighted by atomic mass is 35.5. The summed E-state index contributed by atoms with van der Waals surface area (Å²) in [6, 6.07) is 0. The molecule has 90 valence electrons. The Kier molecular flexibility index (Phi) is 3.96. The first-order chi connectivity index (χ1) is 7.29. The van der Waals surface area contributed by atoms with Crippen molar-refractivity contribution in [3.63, 3.8) is 0 Å². The van der Waals surface area contributed by atoms with Gasteiger partial charge in [0, 0.05) is 17.6 Å². The minimum Gasteiger partial charge on any atom is -0.244 e. The number of nitrogens with zero attached hydrogens (tertiary/aromatic N) is 1. The number of alkyl halides is 6. The first-order valence-electron chi connectivity index (χ1n) is 3.87. The Labute approximate surface area is 97.2 Å². The zero-order chi connectivity index (χ0) is 12.5. The average molecular weight is 280 g/mol. The summed E-state index contributed by atoms with van der Waals surface area (Å²) >= 11 is 10.4. The molecular formula is C8H4Cl2F5N. The Hall–Kier alpha value is -0.620. The van der Waals surface area contributed by atoms with Crippen LogP contribution in [0.4, 0.5) is 22.0 Å². The molecule has 0 unspecified atom stereocenters. The second kappa shape index (κ2) is 4.71. The lowest BCUT2D eigenvalue weighted by Gasteiger charge is -2.15.